The summed E-state index contributed by atoms with van der Waals surface area (Å²) in [4.78, 5) is 4.08. The summed E-state index contributed by atoms with van der Waals surface area (Å²) in [6, 6.07) is 8.54. The zero-order chi connectivity index (χ0) is 14.2. The smallest absolute Gasteiger partial charge is 0.191 e. The van der Waals surface area contributed by atoms with Crippen molar-refractivity contribution in [1.29, 1.82) is 0 Å². The highest BCUT2D eigenvalue weighted by Gasteiger charge is 2.02. The third-order valence-electron chi connectivity index (χ3n) is 2.80. The number of guanidine groups is 1. The van der Waals surface area contributed by atoms with Crippen molar-refractivity contribution in [2.24, 2.45) is 4.99 Å². The lowest BCUT2D eigenvalue weighted by Gasteiger charge is -2.11. The Morgan fingerprint density at radius 3 is 2.76 bits per heavy atom. The van der Waals surface area contributed by atoms with Gasteiger partial charge in [0.25, 0.3) is 0 Å². The van der Waals surface area contributed by atoms with E-state index in [0.29, 0.717) is 31.0 Å². The number of rotatable bonds is 5. The number of hydrogen-bond acceptors (Lipinski definition) is 3. The van der Waals surface area contributed by atoms with Crippen molar-refractivity contribution in [1.82, 2.24) is 15.8 Å². The minimum atomic E-state index is -0.181. The zero-order valence-corrected chi connectivity index (χ0v) is 14.0. The van der Waals surface area contributed by atoms with Gasteiger partial charge in [-0.15, -0.1) is 24.0 Å². The summed E-state index contributed by atoms with van der Waals surface area (Å²) < 4.78 is 18.2. The molecule has 21 heavy (non-hydrogen) atoms. The van der Waals surface area contributed by atoms with Crippen LogP contribution in [0.2, 0.25) is 0 Å². The lowest BCUT2D eigenvalue weighted by molar-refractivity contribution is 0.410. The summed E-state index contributed by atoms with van der Waals surface area (Å²) in [5.74, 6) is 0.462. The largest absolute Gasteiger partial charge is 0.364 e. The van der Waals surface area contributed by atoms with Crippen LogP contribution in [0.15, 0.2) is 46.1 Å². The number of halogens is 2. The minimum absolute atomic E-state index is 0. The lowest BCUT2D eigenvalue weighted by Crippen LogP contribution is -2.38. The van der Waals surface area contributed by atoms with Gasteiger partial charge in [-0.1, -0.05) is 23.4 Å². The third kappa shape index (κ3) is 5.70. The predicted octanol–water partition coefficient (Wildman–Crippen LogP) is 2.34. The monoisotopic (exact) mass is 404 g/mol. The van der Waals surface area contributed by atoms with Crippen LogP contribution in [0.25, 0.3) is 0 Å². The molecule has 2 rings (SSSR count). The van der Waals surface area contributed by atoms with E-state index >= 15 is 0 Å². The van der Waals surface area contributed by atoms with E-state index in [1.165, 1.54) is 12.3 Å². The molecule has 0 radical (unpaired) electrons. The van der Waals surface area contributed by atoms with E-state index < -0.39 is 0 Å². The second-order valence-electron chi connectivity index (χ2n) is 4.18. The van der Waals surface area contributed by atoms with Crippen molar-refractivity contribution in [3.8, 4) is 0 Å². The Hall–Kier alpha value is -1.64. The maximum Gasteiger partial charge on any atom is 0.191 e. The first-order valence-electron chi connectivity index (χ1n) is 6.37. The van der Waals surface area contributed by atoms with Gasteiger partial charge in [0, 0.05) is 19.7 Å². The Labute approximate surface area is 140 Å². The number of benzene rings is 1. The van der Waals surface area contributed by atoms with E-state index in [-0.39, 0.29) is 29.8 Å². The fourth-order valence-electron chi connectivity index (χ4n) is 1.74. The highest BCUT2D eigenvalue weighted by Crippen LogP contribution is 2.06. The number of nitrogens with one attached hydrogen (secondary N) is 2. The fourth-order valence-corrected chi connectivity index (χ4v) is 1.74. The van der Waals surface area contributed by atoms with Gasteiger partial charge in [0.15, 0.2) is 5.96 Å². The maximum absolute atomic E-state index is 13.4. The van der Waals surface area contributed by atoms with Gasteiger partial charge < -0.3 is 15.2 Å². The molecule has 7 heteroatoms. The molecule has 0 amide bonds. The molecule has 1 aromatic carbocycles. The van der Waals surface area contributed by atoms with Crippen LogP contribution in [0.1, 0.15) is 11.3 Å². The van der Waals surface area contributed by atoms with Gasteiger partial charge in [-0.3, -0.25) is 4.99 Å². The quantitative estimate of drug-likeness (QED) is 0.456. The van der Waals surface area contributed by atoms with Gasteiger partial charge in [0.1, 0.15) is 17.8 Å². The van der Waals surface area contributed by atoms with Crippen molar-refractivity contribution >= 4 is 29.9 Å². The SMILES string of the molecule is CN=C(NCCc1ccccc1F)NCc1ccon1.I. The van der Waals surface area contributed by atoms with Crippen LogP contribution < -0.4 is 10.6 Å². The van der Waals surface area contributed by atoms with E-state index in [1.54, 1.807) is 25.2 Å². The van der Waals surface area contributed by atoms with Crippen molar-refractivity contribution in [3.05, 3.63) is 53.7 Å². The Kier molecular flexibility index (Phi) is 7.73. The van der Waals surface area contributed by atoms with E-state index in [2.05, 4.69) is 20.8 Å². The molecule has 0 saturated carbocycles. The molecule has 5 nitrogen and oxygen atoms in total. The summed E-state index contributed by atoms with van der Waals surface area (Å²) >= 11 is 0. The molecule has 2 N–H and O–H groups in total. The molecule has 0 aliphatic rings. The maximum atomic E-state index is 13.4. The summed E-state index contributed by atoms with van der Waals surface area (Å²) in [7, 11) is 1.68. The lowest BCUT2D eigenvalue weighted by atomic mass is 10.1. The van der Waals surface area contributed by atoms with Crippen molar-refractivity contribution in [2.75, 3.05) is 13.6 Å². The summed E-state index contributed by atoms with van der Waals surface area (Å²) in [5.41, 5.74) is 1.48. The van der Waals surface area contributed by atoms with Crippen LogP contribution in [-0.2, 0) is 13.0 Å². The molecule has 1 aromatic heterocycles. The number of aliphatic imine (C=N–C) groups is 1. The first-order chi connectivity index (χ1) is 9.79. The van der Waals surface area contributed by atoms with Crippen molar-refractivity contribution in [2.45, 2.75) is 13.0 Å². The molecule has 0 atom stereocenters. The second kappa shape index (κ2) is 9.32. The molecule has 0 bridgehead atoms. The molecule has 0 aliphatic heterocycles. The van der Waals surface area contributed by atoms with Gasteiger partial charge in [0.05, 0.1) is 6.54 Å². The molecule has 2 aromatic rings. The Balaban J connectivity index is 0.00000220. The summed E-state index contributed by atoms with van der Waals surface area (Å²) in [5, 5.41) is 10.0. The molecular formula is C14H18FIN4O. The van der Waals surface area contributed by atoms with Gasteiger partial charge in [-0.2, -0.15) is 0 Å². The summed E-state index contributed by atoms with van der Waals surface area (Å²) in [6.07, 6.45) is 2.11. The van der Waals surface area contributed by atoms with Crippen LogP contribution in [0.5, 0.6) is 0 Å². The van der Waals surface area contributed by atoms with E-state index in [4.69, 9.17) is 4.52 Å². The summed E-state index contributed by atoms with van der Waals surface area (Å²) in [6.45, 7) is 1.12. The van der Waals surface area contributed by atoms with E-state index in [1.807, 2.05) is 6.07 Å². The first kappa shape index (κ1) is 17.4. The first-order valence-corrected chi connectivity index (χ1v) is 6.37. The minimum Gasteiger partial charge on any atom is -0.364 e. The second-order valence-corrected chi connectivity index (χ2v) is 4.18. The third-order valence-corrected chi connectivity index (χ3v) is 2.80. The highest BCUT2D eigenvalue weighted by molar-refractivity contribution is 14.0. The van der Waals surface area contributed by atoms with Gasteiger partial charge >= 0.3 is 0 Å². The van der Waals surface area contributed by atoms with Gasteiger partial charge in [-0.25, -0.2) is 4.39 Å². The molecule has 1 heterocycles. The molecule has 0 fully saturated rings. The van der Waals surface area contributed by atoms with Crippen LogP contribution in [-0.4, -0.2) is 24.7 Å². The predicted molar refractivity (Wildman–Crippen MR) is 90.2 cm³/mol. The van der Waals surface area contributed by atoms with Gasteiger partial charge in [0.2, 0.25) is 0 Å². The Bertz CT molecular complexity index is 560. The molecule has 0 unspecified atom stereocenters. The van der Waals surface area contributed by atoms with Gasteiger partial charge in [-0.05, 0) is 18.1 Å². The normalized spacial score (nSPS) is 10.9. The van der Waals surface area contributed by atoms with Crippen LogP contribution in [0.3, 0.4) is 0 Å². The zero-order valence-electron chi connectivity index (χ0n) is 11.7. The molecule has 114 valence electrons. The Morgan fingerprint density at radius 1 is 1.29 bits per heavy atom. The average Bonchev–Trinajstić information content (AvgIpc) is 2.98. The highest BCUT2D eigenvalue weighted by atomic mass is 127. The van der Waals surface area contributed by atoms with Crippen LogP contribution >= 0.6 is 24.0 Å². The van der Waals surface area contributed by atoms with Crippen LogP contribution in [0, 0.1) is 5.82 Å². The van der Waals surface area contributed by atoms with E-state index in [9.17, 15) is 4.39 Å². The van der Waals surface area contributed by atoms with Crippen molar-refractivity contribution < 1.29 is 8.91 Å². The van der Waals surface area contributed by atoms with Crippen molar-refractivity contribution in [3.63, 3.8) is 0 Å². The Morgan fingerprint density at radius 2 is 2.10 bits per heavy atom. The van der Waals surface area contributed by atoms with E-state index in [0.717, 1.165) is 5.69 Å². The van der Waals surface area contributed by atoms with Crippen LogP contribution in [0.4, 0.5) is 4.39 Å². The number of aromatic nitrogens is 1. The number of nitrogens with zero attached hydrogens (tertiary/aromatic N) is 2. The molecule has 0 saturated heterocycles. The topological polar surface area (TPSA) is 62.5 Å². The molecule has 0 spiro atoms. The molecule has 0 aliphatic carbocycles. The number of hydrogen-bond donors (Lipinski definition) is 2. The standard InChI is InChI=1S/C14H17FN4O.HI/c1-16-14(18-10-12-7-9-20-19-12)17-8-6-11-4-2-3-5-13(11)15;/h2-5,7,9H,6,8,10H2,1H3,(H2,16,17,18);1H. The average molecular weight is 404 g/mol. The fraction of sp³-hybridized carbons (Fsp3) is 0.286. The molecular weight excluding hydrogens is 386 g/mol.